The predicted molar refractivity (Wildman–Crippen MR) is 63.2 cm³/mol. The van der Waals surface area contributed by atoms with Crippen molar-refractivity contribution in [3.8, 4) is 0 Å². The number of hydrogen-bond acceptors (Lipinski definition) is 1. The lowest BCUT2D eigenvalue weighted by atomic mass is 9.93. The molecule has 0 spiro atoms. The van der Waals surface area contributed by atoms with Gasteiger partial charge >= 0.3 is 0 Å². The molecular formula is C13H27N. The van der Waals surface area contributed by atoms with Crippen molar-refractivity contribution in [3.05, 3.63) is 0 Å². The molecule has 0 aromatic carbocycles. The molecule has 1 saturated carbocycles. The highest BCUT2D eigenvalue weighted by atomic mass is 14.7. The van der Waals surface area contributed by atoms with Crippen molar-refractivity contribution in [1.29, 1.82) is 0 Å². The molecule has 1 fully saturated rings. The largest absolute Gasteiger partial charge is 0.327 e. The van der Waals surface area contributed by atoms with Crippen LogP contribution in [0.4, 0.5) is 0 Å². The van der Waals surface area contributed by atoms with Crippen LogP contribution in [0.2, 0.25) is 0 Å². The molecule has 1 aliphatic carbocycles. The van der Waals surface area contributed by atoms with Crippen LogP contribution in [0.3, 0.4) is 0 Å². The summed E-state index contributed by atoms with van der Waals surface area (Å²) in [6.07, 6.45) is 10.9. The van der Waals surface area contributed by atoms with Gasteiger partial charge in [0.1, 0.15) is 0 Å². The maximum Gasteiger partial charge on any atom is 0.00671 e. The van der Waals surface area contributed by atoms with Crippen LogP contribution in [0, 0.1) is 11.8 Å². The van der Waals surface area contributed by atoms with Crippen molar-refractivity contribution in [2.45, 2.75) is 71.3 Å². The molecule has 0 heterocycles. The van der Waals surface area contributed by atoms with E-state index in [1.807, 2.05) is 0 Å². The predicted octanol–water partition coefficient (Wildman–Crippen LogP) is 3.72. The third-order valence-corrected chi connectivity index (χ3v) is 3.65. The fourth-order valence-electron chi connectivity index (χ4n) is 2.36. The first-order valence-corrected chi connectivity index (χ1v) is 6.53. The van der Waals surface area contributed by atoms with Gasteiger partial charge in [-0.05, 0) is 31.1 Å². The van der Waals surface area contributed by atoms with E-state index in [-0.39, 0.29) is 0 Å². The Balaban J connectivity index is 1.99. The summed E-state index contributed by atoms with van der Waals surface area (Å²) in [4.78, 5) is 0. The van der Waals surface area contributed by atoms with Crippen LogP contribution in [-0.2, 0) is 0 Å². The summed E-state index contributed by atoms with van der Waals surface area (Å²) in [5.41, 5.74) is 6.08. The van der Waals surface area contributed by atoms with E-state index in [2.05, 4.69) is 13.8 Å². The second-order valence-corrected chi connectivity index (χ2v) is 5.00. The Kier molecular flexibility index (Phi) is 5.54. The van der Waals surface area contributed by atoms with Crippen molar-refractivity contribution in [3.63, 3.8) is 0 Å². The van der Waals surface area contributed by atoms with Gasteiger partial charge in [-0.1, -0.05) is 46.0 Å². The third-order valence-electron chi connectivity index (χ3n) is 3.65. The summed E-state index contributed by atoms with van der Waals surface area (Å²) >= 11 is 0. The summed E-state index contributed by atoms with van der Waals surface area (Å²) in [5, 5.41) is 0. The van der Waals surface area contributed by atoms with Crippen LogP contribution in [-0.4, -0.2) is 6.04 Å². The second kappa shape index (κ2) is 6.44. The lowest BCUT2D eigenvalue weighted by Crippen LogP contribution is -2.22. The minimum atomic E-state index is 0.522. The first kappa shape index (κ1) is 12.0. The van der Waals surface area contributed by atoms with Gasteiger partial charge in [0.15, 0.2) is 0 Å². The van der Waals surface area contributed by atoms with E-state index in [9.17, 15) is 0 Å². The molecule has 2 atom stereocenters. The second-order valence-electron chi connectivity index (χ2n) is 5.00. The van der Waals surface area contributed by atoms with E-state index in [4.69, 9.17) is 5.73 Å². The minimum absolute atomic E-state index is 0.522. The monoisotopic (exact) mass is 197 g/mol. The van der Waals surface area contributed by atoms with Crippen LogP contribution in [0.5, 0.6) is 0 Å². The highest BCUT2D eigenvalue weighted by Crippen LogP contribution is 2.33. The molecule has 0 aromatic rings. The van der Waals surface area contributed by atoms with E-state index in [0.717, 1.165) is 11.8 Å². The number of hydrogen-bond donors (Lipinski definition) is 1. The van der Waals surface area contributed by atoms with Crippen molar-refractivity contribution in [2.24, 2.45) is 17.6 Å². The van der Waals surface area contributed by atoms with Crippen molar-refractivity contribution in [1.82, 2.24) is 0 Å². The molecule has 0 aliphatic heterocycles. The van der Waals surface area contributed by atoms with E-state index >= 15 is 0 Å². The summed E-state index contributed by atoms with van der Waals surface area (Å²) in [7, 11) is 0. The van der Waals surface area contributed by atoms with Crippen LogP contribution in [0.1, 0.15) is 65.2 Å². The summed E-state index contributed by atoms with van der Waals surface area (Å²) in [6, 6.07) is 0.522. The smallest absolute Gasteiger partial charge is 0.00671 e. The Hall–Kier alpha value is -0.0400. The molecule has 0 radical (unpaired) electrons. The van der Waals surface area contributed by atoms with Crippen LogP contribution < -0.4 is 5.73 Å². The molecule has 2 N–H and O–H groups in total. The van der Waals surface area contributed by atoms with E-state index in [0.29, 0.717) is 6.04 Å². The quantitative estimate of drug-likeness (QED) is 0.630. The van der Waals surface area contributed by atoms with Crippen molar-refractivity contribution >= 4 is 0 Å². The Morgan fingerprint density at radius 1 is 1.14 bits per heavy atom. The first-order chi connectivity index (χ1) is 6.77. The zero-order valence-corrected chi connectivity index (χ0v) is 9.97. The lowest BCUT2D eigenvalue weighted by molar-refractivity contribution is 0.396. The molecule has 14 heavy (non-hydrogen) atoms. The standard InChI is InChI=1S/C13H27N/c1-3-6-11(4-2)7-5-8-13(14)12-9-10-12/h11-13H,3-10,14H2,1-2H3/t11?,13-/m0/s1. The molecule has 1 rings (SSSR count). The van der Waals surface area contributed by atoms with E-state index in [1.54, 1.807) is 0 Å². The maximum absolute atomic E-state index is 6.08. The molecule has 1 unspecified atom stereocenters. The van der Waals surface area contributed by atoms with Gasteiger partial charge in [0.2, 0.25) is 0 Å². The maximum atomic E-state index is 6.08. The molecule has 0 aromatic heterocycles. The molecule has 1 heteroatoms. The molecule has 0 saturated heterocycles. The van der Waals surface area contributed by atoms with Gasteiger partial charge in [0, 0.05) is 6.04 Å². The molecular weight excluding hydrogens is 170 g/mol. The van der Waals surface area contributed by atoms with Crippen LogP contribution in [0.15, 0.2) is 0 Å². The van der Waals surface area contributed by atoms with Gasteiger partial charge in [-0.3, -0.25) is 0 Å². The highest BCUT2D eigenvalue weighted by Gasteiger charge is 2.27. The zero-order chi connectivity index (χ0) is 10.4. The van der Waals surface area contributed by atoms with Gasteiger partial charge in [-0.15, -0.1) is 0 Å². The minimum Gasteiger partial charge on any atom is -0.327 e. The Labute approximate surface area is 89.5 Å². The number of nitrogens with two attached hydrogens (primary N) is 1. The van der Waals surface area contributed by atoms with Crippen molar-refractivity contribution in [2.75, 3.05) is 0 Å². The Bertz CT molecular complexity index is 140. The fraction of sp³-hybridized carbons (Fsp3) is 1.00. The highest BCUT2D eigenvalue weighted by molar-refractivity contribution is 4.83. The van der Waals surface area contributed by atoms with Gasteiger partial charge in [0.25, 0.3) is 0 Å². The van der Waals surface area contributed by atoms with Gasteiger partial charge in [0.05, 0.1) is 0 Å². The van der Waals surface area contributed by atoms with Gasteiger partial charge in [-0.25, -0.2) is 0 Å². The molecule has 1 aliphatic rings. The summed E-state index contributed by atoms with van der Waals surface area (Å²) < 4.78 is 0. The zero-order valence-electron chi connectivity index (χ0n) is 9.97. The summed E-state index contributed by atoms with van der Waals surface area (Å²) in [5.74, 6) is 1.85. The Morgan fingerprint density at radius 2 is 1.86 bits per heavy atom. The average molecular weight is 197 g/mol. The van der Waals surface area contributed by atoms with E-state index < -0.39 is 0 Å². The molecule has 0 bridgehead atoms. The first-order valence-electron chi connectivity index (χ1n) is 6.53. The molecule has 0 amide bonds. The van der Waals surface area contributed by atoms with Crippen LogP contribution >= 0.6 is 0 Å². The van der Waals surface area contributed by atoms with Gasteiger partial charge < -0.3 is 5.73 Å². The average Bonchev–Trinajstić information content (AvgIpc) is 2.99. The normalized spacial score (nSPS) is 20.8. The van der Waals surface area contributed by atoms with Crippen molar-refractivity contribution < 1.29 is 0 Å². The SMILES string of the molecule is CCCC(CC)CCC[C@H](N)C1CC1. The third kappa shape index (κ3) is 4.45. The van der Waals surface area contributed by atoms with E-state index in [1.165, 1.54) is 51.4 Å². The topological polar surface area (TPSA) is 26.0 Å². The fourth-order valence-corrected chi connectivity index (χ4v) is 2.36. The summed E-state index contributed by atoms with van der Waals surface area (Å²) in [6.45, 7) is 4.61. The molecule has 84 valence electrons. The van der Waals surface area contributed by atoms with Crippen LogP contribution in [0.25, 0.3) is 0 Å². The van der Waals surface area contributed by atoms with Gasteiger partial charge in [-0.2, -0.15) is 0 Å². The lowest BCUT2D eigenvalue weighted by Gasteiger charge is -2.15. The molecule has 1 nitrogen and oxygen atoms in total. The number of rotatable bonds is 8. The Morgan fingerprint density at radius 3 is 2.36 bits per heavy atom.